The first-order valence-corrected chi connectivity index (χ1v) is 9.28. The topological polar surface area (TPSA) is 115 Å². The molecule has 0 atom stereocenters. The number of benzene rings is 2. The number of aromatic carboxylic acids is 1. The summed E-state index contributed by atoms with van der Waals surface area (Å²) in [6.07, 6.45) is 0. The lowest BCUT2D eigenvalue weighted by Crippen LogP contribution is -2.33. The van der Waals surface area contributed by atoms with Gasteiger partial charge in [-0.1, -0.05) is 24.3 Å². The molecule has 0 aliphatic rings. The normalized spacial score (nSPS) is 11.2. The van der Waals surface area contributed by atoms with Crippen LogP contribution < -0.4 is 15.1 Å². The Labute approximate surface area is 152 Å². The number of para-hydroxylation sites is 1. The highest BCUT2D eigenvalue weighted by Crippen LogP contribution is 2.19. The highest BCUT2D eigenvalue weighted by atomic mass is 32.2. The number of rotatable bonds is 6. The zero-order valence-corrected chi connectivity index (χ0v) is 15.4. The molecule has 138 valence electrons. The summed E-state index contributed by atoms with van der Waals surface area (Å²) in [5.74, 6) is -1.99. The molecule has 8 heteroatoms. The molecule has 26 heavy (non-hydrogen) atoms. The van der Waals surface area contributed by atoms with Crippen molar-refractivity contribution >= 4 is 27.6 Å². The van der Waals surface area contributed by atoms with Crippen LogP contribution in [0, 0.1) is 20.8 Å². The van der Waals surface area contributed by atoms with Gasteiger partial charge in [-0.15, -0.1) is 0 Å². The molecule has 7 nitrogen and oxygen atoms in total. The van der Waals surface area contributed by atoms with Crippen molar-refractivity contribution in [2.75, 3.05) is 11.9 Å². The van der Waals surface area contributed by atoms with Crippen LogP contribution in [0.1, 0.15) is 27.0 Å². The predicted molar refractivity (Wildman–Crippen MR) is 95.2 cm³/mol. The maximum atomic E-state index is 12.3. The second-order valence-electron chi connectivity index (χ2n) is 5.90. The van der Waals surface area contributed by atoms with E-state index < -0.39 is 28.4 Å². The van der Waals surface area contributed by atoms with Gasteiger partial charge in [-0.25, -0.2) is 13.1 Å². The first-order valence-electron chi connectivity index (χ1n) is 7.79. The van der Waals surface area contributed by atoms with Crippen LogP contribution in [0.3, 0.4) is 0 Å². The lowest BCUT2D eigenvalue weighted by Gasteiger charge is -2.13. The van der Waals surface area contributed by atoms with E-state index in [1.54, 1.807) is 0 Å². The van der Waals surface area contributed by atoms with Crippen molar-refractivity contribution in [1.29, 1.82) is 0 Å². The van der Waals surface area contributed by atoms with Gasteiger partial charge in [-0.3, -0.25) is 4.79 Å². The summed E-state index contributed by atoms with van der Waals surface area (Å²) >= 11 is 0. The minimum Gasteiger partial charge on any atom is -0.545 e. The molecule has 2 rings (SSSR count). The summed E-state index contributed by atoms with van der Waals surface area (Å²) in [6, 6.07) is 9.18. The van der Waals surface area contributed by atoms with Crippen molar-refractivity contribution in [3.05, 3.63) is 58.7 Å². The van der Waals surface area contributed by atoms with Crippen LogP contribution in [0.4, 0.5) is 5.69 Å². The molecule has 2 aromatic carbocycles. The van der Waals surface area contributed by atoms with E-state index in [4.69, 9.17) is 0 Å². The van der Waals surface area contributed by atoms with Gasteiger partial charge in [0.1, 0.15) is 0 Å². The lowest BCUT2D eigenvalue weighted by atomic mass is 10.1. The largest absolute Gasteiger partial charge is 0.545 e. The van der Waals surface area contributed by atoms with E-state index in [0.29, 0.717) is 11.3 Å². The van der Waals surface area contributed by atoms with Crippen molar-refractivity contribution in [3.8, 4) is 0 Å². The second kappa shape index (κ2) is 7.67. The van der Waals surface area contributed by atoms with Crippen molar-refractivity contribution in [3.63, 3.8) is 0 Å². The molecule has 0 saturated heterocycles. The molecule has 0 radical (unpaired) electrons. The molecule has 1 amide bonds. The SMILES string of the molecule is Cc1ccc(S(=O)(=O)NCC(=O)Nc2c(C)cccc2C)cc1C(=O)[O-]. The lowest BCUT2D eigenvalue weighted by molar-refractivity contribution is -0.255. The fourth-order valence-corrected chi connectivity index (χ4v) is 3.44. The van der Waals surface area contributed by atoms with Crippen LogP contribution in [-0.4, -0.2) is 26.8 Å². The van der Waals surface area contributed by atoms with Crippen molar-refractivity contribution in [2.45, 2.75) is 25.7 Å². The van der Waals surface area contributed by atoms with Gasteiger partial charge in [-0.05, 0) is 49.6 Å². The second-order valence-corrected chi connectivity index (χ2v) is 7.67. The Hall–Kier alpha value is -2.71. The van der Waals surface area contributed by atoms with E-state index in [1.165, 1.54) is 19.1 Å². The molecule has 0 heterocycles. The van der Waals surface area contributed by atoms with E-state index in [9.17, 15) is 23.1 Å². The Balaban J connectivity index is 2.12. The third-order valence-corrected chi connectivity index (χ3v) is 5.31. The van der Waals surface area contributed by atoms with Crippen LogP contribution in [0.15, 0.2) is 41.3 Å². The molecule has 2 N–H and O–H groups in total. The first kappa shape index (κ1) is 19.6. The fourth-order valence-electron chi connectivity index (χ4n) is 2.43. The molecule has 0 aromatic heterocycles. The predicted octanol–water partition coefficient (Wildman–Crippen LogP) is 0.892. The number of carbonyl (C=O) groups is 2. The molecular weight excluding hydrogens is 356 g/mol. The maximum Gasteiger partial charge on any atom is 0.241 e. The highest BCUT2D eigenvalue weighted by molar-refractivity contribution is 7.89. The Morgan fingerprint density at radius 2 is 1.62 bits per heavy atom. The summed E-state index contributed by atoms with van der Waals surface area (Å²) in [7, 11) is -4.04. The standard InChI is InChI=1S/C18H20N2O5S/c1-11-7-8-14(9-15(11)18(22)23)26(24,25)19-10-16(21)20-17-12(2)5-4-6-13(17)3/h4-9,19H,10H2,1-3H3,(H,20,21)(H,22,23)/p-1. The van der Waals surface area contributed by atoms with E-state index in [0.717, 1.165) is 17.2 Å². The maximum absolute atomic E-state index is 12.3. The number of carboxylic acids is 1. The smallest absolute Gasteiger partial charge is 0.241 e. The number of nitrogens with one attached hydrogen (secondary N) is 2. The van der Waals surface area contributed by atoms with Crippen LogP contribution in [0.25, 0.3) is 0 Å². The van der Waals surface area contributed by atoms with E-state index in [-0.39, 0.29) is 10.5 Å². The monoisotopic (exact) mass is 375 g/mol. The molecule has 2 aromatic rings. The zero-order chi connectivity index (χ0) is 19.5. The molecule has 0 unspecified atom stereocenters. The summed E-state index contributed by atoms with van der Waals surface area (Å²) in [5, 5.41) is 13.7. The molecule has 0 aliphatic carbocycles. The van der Waals surface area contributed by atoms with Crippen molar-refractivity contribution in [2.24, 2.45) is 0 Å². The quantitative estimate of drug-likeness (QED) is 0.778. The van der Waals surface area contributed by atoms with Gasteiger partial charge in [0.2, 0.25) is 15.9 Å². The fraction of sp³-hybridized carbons (Fsp3) is 0.222. The number of carbonyl (C=O) groups excluding carboxylic acids is 2. The first-order chi connectivity index (χ1) is 12.1. The Morgan fingerprint density at radius 1 is 1.00 bits per heavy atom. The average Bonchev–Trinajstić information content (AvgIpc) is 2.56. The highest BCUT2D eigenvalue weighted by Gasteiger charge is 2.17. The molecule has 0 fully saturated rings. The molecule has 0 saturated carbocycles. The number of hydrogen-bond acceptors (Lipinski definition) is 5. The van der Waals surface area contributed by atoms with Gasteiger partial charge < -0.3 is 15.2 Å². The minimum absolute atomic E-state index is 0.215. The van der Waals surface area contributed by atoms with Gasteiger partial charge in [0.15, 0.2) is 0 Å². The Morgan fingerprint density at radius 3 is 2.19 bits per heavy atom. The van der Waals surface area contributed by atoms with Gasteiger partial charge >= 0.3 is 0 Å². The summed E-state index contributed by atoms with van der Waals surface area (Å²) in [4.78, 5) is 22.9. The van der Waals surface area contributed by atoms with Crippen molar-refractivity contribution < 1.29 is 23.1 Å². The Kier molecular flexibility index (Phi) is 5.79. The molecule has 0 spiro atoms. The van der Waals surface area contributed by atoms with Gasteiger partial charge in [0.05, 0.1) is 17.4 Å². The van der Waals surface area contributed by atoms with Gasteiger partial charge in [0.25, 0.3) is 0 Å². The molecule has 0 bridgehead atoms. The van der Waals surface area contributed by atoms with Crippen LogP contribution in [0.2, 0.25) is 0 Å². The van der Waals surface area contributed by atoms with Crippen LogP contribution in [0.5, 0.6) is 0 Å². The summed E-state index contributed by atoms with van der Waals surface area (Å²) < 4.78 is 26.8. The van der Waals surface area contributed by atoms with Crippen molar-refractivity contribution in [1.82, 2.24) is 4.72 Å². The zero-order valence-electron chi connectivity index (χ0n) is 14.6. The molecule has 0 aliphatic heterocycles. The van der Waals surface area contributed by atoms with Crippen LogP contribution in [-0.2, 0) is 14.8 Å². The average molecular weight is 375 g/mol. The third kappa shape index (κ3) is 4.47. The minimum atomic E-state index is -4.04. The number of sulfonamides is 1. The van der Waals surface area contributed by atoms with Crippen LogP contribution >= 0.6 is 0 Å². The van der Waals surface area contributed by atoms with Gasteiger partial charge in [-0.2, -0.15) is 0 Å². The Bertz CT molecular complexity index is 947. The summed E-state index contributed by atoms with van der Waals surface area (Å²) in [6.45, 7) is 4.72. The summed E-state index contributed by atoms with van der Waals surface area (Å²) in [5.41, 5.74) is 2.52. The number of carboxylic acid groups (broad SMARTS) is 1. The number of hydrogen-bond donors (Lipinski definition) is 2. The van der Waals surface area contributed by atoms with E-state index in [1.807, 2.05) is 32.0 Å². The van der Waals surface area contributed by atoms with E-state index in [2.05, 4.69) is 10.0 Å². The number of aryl methyl sites for hydroxylation is 3. The molecular formula is C18H19N2O5S-. The number of anilines is 1. The van der Waals surface area contributed by atoms with Gasteiger partial charge in [0, 0.05) is 11.3 Å². The van der Waals surface area contributed by atoms with E-state index >= 15 is 0 Å². The third-order valence-electron chi connectivity index (χ3n) is 3.91. The number of amides is 1.